The molecule has 8 nitrogen and oxygen atoms in total. The van der Waals surface area contributed by atoms with Crippen LogP contribution in [-0.2, 0) is 14.3 Å². The highest BCUT2D eigenvalue weighted by molar-refractivity contribution is 5.94. The highest BCUT2D eigenvalue weighted by Crippen LogP contribution is 2.17. The lowest BCUT2D eigenvalue weighted by atomic mass is 10.3. The van der Waals surface area contributed by atoms with E-state index in [1.165, 1.54) is 0 Å². The first-order valence-electron chi connectivity index (χ1n) is 6.12. The van der Waals surface area contributed by atoms with Gasteiger partial charge < -0.3 is 19.9 Å². The van der Waals surface area contributed by atoms with E-state index < -0.39 is 24.5 Å². The molecule has 0 saturated heterocycles. The molecule has 0 aliphatic heterocycles. The molecule has 1 aromatic carbocycles. The van der Waals surface area contributed by atoms with Gasteiger partial charge >= 0.3 is 12.0 Å². The van der Waals surface area contributed by atoms with Crippen molar-refractivity contribution < 1.29 is 28.6 Å². The molecule has 1 aromatic rings. The zero-order valence-corrected chi connectivity index (χ0v) is 11.5. The standard InChI is InChI=1S/C13H16N2O6/c1-2-19-9-3-5-10(6-4-9)20-8-12(17)21-7-11(16)15-13(14)18/h3-6H,2,7-8H2,1H3,(H3,14,15,16,18). The number of ether oxygens (including phenoxy) is 3. The van der Waals surface area contributed by atoms with E-state index in [2.05, 4.69) is 4.74 Å². The zero-order chi connectivity index (χ0) is 15.7. The van der Waals surface area contributed by atoms with Gasteiger partial charge in [0.1, 0.15) is 11.5 Å². The minimum absolute atomic E-state index is 0.363. The zero-order valence-electron chi connectivity index (χ0n) is 11.5. The van der Waals surface area contributed by atoms with Gasteiger partial charge in [0.15, 0.2) is 13.2 Å². The Morgan fingerprint density at radius 3 is 2.14 bits per heavy atom. The lowest BCUT2D eigenvalue weighted by molar-refractivity contribution is -0.150. The van der Waals surface area contributed by atoms with Crippen LogP contribution in [0.25, 0.3) is 0 Å². The Bertz CT molecular complexity index is 500. The van der Waals surface area contributed by atoms with Crippen LogP contribution < -0.4 is 20.5 Å². The predicted octanol–water partition coefficient (Wildman–Crippen LogP) is 0.202. The van der Waals surface area contributed by atoms with E-state index in [0.29, 0.717) is 18.1 Å². The Balaban J connectivity index is 2.29. The normalized spacial score (nSPS) is 9.57. The van der Waals surface area contributed by atoms with Crippen molar-refractivity contribution in [2.75, 3.05) is 19.8 Å². The summed E-state index contributed by atoms with van der Waals surface area (Å²) in [4.78, 5) is 32.6. The van der Waals surface area contributed by atoms with Crippen LogP contribution in [0.1, 0.15) is 6.92 Å². The first-order chi connectivity index (χ1) is 10.0. The van der Waals surface area contributed by atoms with Gasteiger partial charge in [-0.3, -0.25) is 10.1 Å². The average Bonchev–Trinajstić information content (AvgIpc) is 2.44. The Hall–Kier alpha value is -2.77. The van der Waals surface area contributed by atoms with Gasteiger partial charge in [0.25, 0.3) is 5.91 Å². The molecule has 3 amide bonds. The molecule has 0 bridgehead atoms. The number of carbonyl (C=O) groups is 3. The quantitative estimate of drug-likeness (QED) is 0.694. The number of rotatable bonds is 7. The molecule has 0 aliphatic carbocycles. The van der Waals surface area contributed by atoms with Gasteiger partial charge in [0, 0.05) is 0 Å². The van der Waals surface area contributed by atoms with Gasteiger partial charge in [-0.05, 0) is 31.2 Å². The van der Waals surface area contributed by atoms with Crippen molar-refractivity contribution in [2.24, 2.45) is 5.73 Å². The van der Waals surface area contributed by atoms with E-state index in [1.54, 1.807) is 29.6 Å². The summed E-state index contributed by atoms with van der Waals surface area (Å²) in [5.41, 5.74) is 4.72. The molecule has 0 radical (unpaired) electrons. The summed E-state index contributed by atoms with van der Waals surface area (Å²) in [5.74, 6) is -0.409. The number of nitrogens with two attached hydrogens (primary N) is 1. The monoisotopic (exact) mass is 296 g/mol. The summed E-state index contributed by atoms with van der Waals surface area (Å²) < 4.78 is 15.0. The number of amides is 3. The highest BCUT2D eigenvalue weighted by Gasteiger charge is 2.09. The van der Waals surface area contributed by atoms with Gasteiger partial charge in [-0.2, -0.15) is 0 Å². The Labute approximate surface area is 121 Å². The second-order valence-electron chi connectivity index (χ2n) is 3.77. The largest absolute Gasteiger partial charge is 0.494 e. The summed E-state index contributed by atoms with van der Waals surface area (Å²) in [7, 11) is 0. The van der Waals surface area contributed by atoms with E-state index in [0.717, 1.165) is 0 Å². The Morgan fingerprint density at radius 1 is 1.05 bits per heavy atom. The smallest absolute Gasteiger partial charge is 0.344 e. The number of carbonyl (C=O) groups excluding carboxylic acids is 3. The fourth-order valence-corrected chi connectivity index (χ4v) is 1.30. The molecule has 1 rings (SSSR count). The molecule has 8 heteroatoms. The first-order valence-corrected chi connectivity index (χ1v) is 6.12. The topological polar surface area (TPSA) is 117 Å². The Morgan fingerprint density at radius 2 is 1.62 bits per heavy atom. The number of imide groups is 1. The molecule has 114 valence electrons. The highest BCUT2D eigenvalue weighted by atomic mass is 16.6. The third kappa shape index (κ3) is 6.81. The second kappa shape index (κ2) is 8.41. The van der Waals surface area contributed by atoms with Gasteiger partial charge in [0.05, 0.1) is 6.61 Å². The van der Waals surface area contributed by atoms with Crippen LogP contribution in [0.3, 0.4) is 0 Å². The molecule has 0 fully saturated rings. The van der Waals surface area contributed by atoms with Crippen LogP contribution in [-0.4, -0.2) is 37.7 Å². The molecule has 3 N–H and O–H groups in total. The van der Waals surface area contributed by atoms with Crippen molar-refractivity contribution in [1.82, 2.24) is 5.32 Å². The third-order valence-corrected chi connectivity index (χ3v) is 2.12. The van der Waals surface area contributed by atoms with E-state index in [1.807, 2.05) is 6.92 Å². The van der Waals surface area contributed by atoms with E-state index in [9.17, 15) is 14.4 Å². The first kappa shape index (κ1) is 16.3. The maximum atomic E-state index is 11.3. The second-order valence-corrected chi connectivity index (χ2v) is 3.77. The van der Waals surface area contributed by atoms with Crippen LogP contribution in [0, 0.1) is 0 Å². The van der Waals surface area contributed by atoms with Crippen molar-refractivity contribution in [3.63, 3.8) is 0 Å². The van der Waals surface area contributed by atoms with Crippen molar-refractivity contribution in [3.8, 4) is 11.5 Å². The molecular weight excluding hydrogens is 280 g/mol. The molecule has 0 saturated carbocycles. The number of esters is 1. The fourth-order valence-electron chi connectivity index (χ4n) is 1.30. The number of hydrogen-bond acceptors (Lipinski definition) is 6. The Kier molecular flexibility index (Phi) is 6.52. The predicted molar refractivity (Wildman–Crippen MR) is 71.8 cm³/mol. The number of hydrogen-bond donors (Lipinski definition) is 2. The van der Waals surface area contributed by atoms with E-state index in [-0.39, 0.29) is 6.61 Å². The fraction of sp³-hybridized carbons (Fsp3) is 0.308. The van der Waals surface area contributed by atoms with Crippen molar-refractivity contribution in [1.29, 1.82) is 0 Å². The SMILES string of the molecule is CCOc1ccc(OCC(=O)OCC(=O)NC(N)=O)cc1. The molecule has 0 aromatic heterocycles. The summed E-state index contributed by atoms with van der Waals surface area (Å²) in [6.07, 6.45) is 0. The van der Waals surface area contributed by atoms with Gasteiger partial charge in [0.2, 0.25) is 0 Å². The van der Waals surface area contributed by atoms with E-state index >= 15 is 0 Å². The van der Waals surface area contributed by atoms with Crippen LogP contribution in [0.4, 0.5) is 4.79 Å². The molecule has 0 atom stereocenters. The van der Waals surface area contributed by atoms with Crippen LogP contribution in [0.2, 0.25) is 0 Å². The van der Waals surface area contributed by atoms with Gasteiger partial charge in [-0.1, -0.05) is 0 Å². The average molecular weight is 296 g/mol. The van der Waals surface area contributed by atoms with Crippen LogP contribution in [0.5, 0.6) is 11.5 Å². The maximum absolute atomic E-state index is 11.3. The van der Waals surface area contributed by atoms with Gasteiger partial charge in [-0.15, -0.1) is 0 Å². The van der Waals surface area contributed by atoms with Gasteiger partial charge in [-0.25, -0.2) is 9.59 Å². The number of nitrogens with one attached hydrogen (secondary N) is 1. The summed E-state index contributed by atoms with van der Waals surface area (Å²) >= 11 is 0. The molecule has 0 spiro atoms. The number of benzene rings is 1. The summed E-state index contributed by atoms with van der Waals surface area (Å²) in [5, 5.41) is 1.76. The van der Waals surface area contributed by atoms with Crippen molar-refractivity contribution in [2.45, 2.75) is 6.92 Å². The van der Waals surface area contributed by atoms with E-state index in [4.69, 9.17) is 15.2 Å². The summed E-state index contributed by atoms with van der Waals surface area (Å²) in [6.45, 7) is 1.46. The van der Waals surface area contributed by atoms with Crippen molar-refractivity contribution >= 4 is 17.9 Å². The lowest BCUT2D eigenvalue weighted by Crippen LogP contribution is -2.38. The lowest BCUT2D eigenvalue weighted by Gasteiger charge is -2.07. The minimum Gasteiger partial charge on any atom is -0.494 e. The third-order valence-electron chi connectivity index (χ3n) is 2.12. The van der Waals surface area contributed by atoms with Crippen molar-refractivity contribution in [3.05, 3.63) is 24.3 Å². The minimum atomic E-state index is -1.01. The number of urea groups is 1. The molecule has 0 heterocycles. The van der Waals surface area contributed by atoms with Crippen LogP contribution in [0.15, 0.2) is 24.3 Å². The number of primary amides is 1. The summed E-state index contributed by atoms with van der Waals surface area (Å²) in [6, 6.07) is 5.66. The molecular formula is C13H16N2O6. The molecule has 21 heavy (non-hydrogen) atoms. The van der Waals surface area contributed by atoms with Crippen LogP contribution >= 0.6 is 0 Å². The maximum Gasteiger partial charge on any atom is 0.344 e. The molecule has 0 unspecified atom stereocenters. The molecule has 0 aliphatic rings.